The van der Waals surface area contributed by atoms with Crippen LogP contribution in [0, 0.1) is 10.1 Å². The van der Waals surface area contributed by atoms with Crippen molar-refractivity contribution in [1.29, 1.82) is 0 Å². The number of pyridine rings is 1. The summed E-state index contributed by atoms with van der Waals surface area (Å²) >= 11 is 6.75. The summed E-state index contributed by atoms with van der Waals surface area (Å²) in [4.78, 5) is 53.5. The van der Waals surface area contributed by atoms with Gasteiger partial charge in [0.25, 0.3) is 5.91 Å². The number of piperidine rings is 1. The van der Waals surface area contributed by atoms with Gasteiger partial charge in [0, 0.05) is 35.8 Å². The van der Waals surface area contributed by atoms with Crippen LogP contribution in [0.4, 0.5) is 5.69 Å². The summed E-state index contributed by atoms with van der Waals surface area (Å²) in [7, 11) is 1.39. The minimum absolute atomic E-state index is 0.0391. The number of aromatic nitrogens is 1. The van der Waals surface area contributed by atoms with Crippen molar-refractivity contribution in [2.24, 2.45) is 0 Å². The Hall–Kier alpha value is -3.42. The summed E-state index contributed by atoms with van der Waals surface area (Å²) in [6.45, 7) is 2.97. The van der Waals surface area contributed by atoms with E-state index in [0.29, 0.717) is 36.5 Å². The molecule has 2 heterocycles. The predicted molar refractivity (Wildman–Crippen MR) is 143 cm³/mol. The fraction of sp³-hybridized carbons (Fsp3) is 0.417. The molecule has 3 amide bonds. The van der Waals surface area contributed by atoms with Crippen LogP contribution in [0.2, 0.25) is 5.02 Å². The second kappa shape index (κ2) is 13.4. The van der Waals surface area contributed by atoms with E-state index in [9.17, 15) is 24.5 Å². The van der Waals surface area contributed by atoms with Crippen molar-refractivity contribution in [3.8, 4) is 5.88 Å². The van der Waals surface area contributed by atoms with Gasteiger partial charge in [-0.3, -0.25) is 24.5 Å². The molecule has 0 radical (unpaired) electrons. The number of nitrogens with zero attached hydrogens (tertiary/aromatic N) is 2. The third-order valence-corrected chi connectivity index (χ3v) is 7.28. The van der Waals surface area contributed by atoms with Crippen LogP contribution in [0.3, 0.4) is 0 Å². The zero-order chi connectivity index (χ0) is 27.7. The first-order chi connectivity index (χ1) is 18.1. The van der Waals surface area contributed by atoms with Crippen molar-refractivity contribution in [2.45, 2.75) is 35.6 Å². The topological polar surface area (TPSA) is 165 Å². The molecule has 204 valence electrons. The van der Waals surface area contributed by atoms with Gasteiger partial charge in [-0.1, -0.05) is 23.4 Å². The van der Waals surface area contributed by atoms with Crippen molar-refractivity contribution in [3.05, 3.63) is 57.1 Å². The number of methoxy groups -OCH3 is 1. The maximum absolute atomic E-state index is 13.2. The highest BCUT2D eigenvalue weighted by Crippen LogP contribution is 2.32. The first-order valence-corrected chi connectivity index (χ1v) is 13.1. The zero-order valence-electron chi connectivity index (χ0n) is 20.9. The highest BCUT2D eigenvalue weighted by molar-refractivity contribution is 8.00. The van der Waals surface area contributed by atoms with Crippen LogP contribution in [0.5, 0.6) is 5.88 Å². The van der Waals surface area contributed by atoms with Crippen LogP contribution >= 0.6 is 23.4 Å². The molecule has 38 heavy (non-hydrogen) atoms. The lowest BCUT2D eigenvalue weighted by Gasteiger charge is -2.37. The van der Waals surface area contributed by atoms with Gasteiger partial charge in [0.1, 0.15) is 5.54 Å². The summed E-state index contributed by atoms with van der Waals surface area (Å²) in [6.07, 6.45) is 0.716. The van der Waals surface area contributed by atoms with Crippen LogP contribution in [0.25, 0.3) is 0 Å². The van der Waals surface area contributed by atoms with Crippen LogP contribution in [-0.2, 0) is 9.59 Å². The number of carbonyl (C=O) groups is 3. The fourth-order valence-electron chi connectivity index (χ4n) is 3.80. The van der Waals surface area contributed by atoms with Crippen LogP contribution in [0.15, 0.2) is 41.4 Å². The molecule has 14 heteroatoms. The molecule has 1 aliphatic heterocycles. The quantitative estimate of drug-likeness (QED) is 0.138. The Labute approximate surface area is 228 Å². The lowest BCUT2D eigenvalue weighted by molar-refractivity contribution is -0.388. The van der Waals surface area contributed by atoms with Crippen molar-refractivity contribution >= 4 is 46.8 Å². The molecule has 3 rings (SSSR count). The summed E-state index contributed by atoms with van der Waals surface area (Å²) in [5.74, 6) is -0.937. The molecule has 4 N–H and O–H groups in total. The van der Waals surface area contributed by atoms with E-state index in [0.717, 1.165) is 11.8 Å². The zero-order valence-corrected chi connectivity index (χ0v) is 22.5. The minimum Gasteiger partial charge on any atom is -0.481 e. The second-order valence-corrected chi connectivity index (χ2v) is 10.3. The van der Waals surface area contributed by atoms with Gasteiger partial charge < -0.3 is 26.0 Å². The number of rotatable bonds is 11. The molecule has 1 aromatic carbocycles. The van der Waals surface area contributed by atoms with Gasteiger partial charge >= 0.3 is 5.69 Å². The number of ether oxygens (including phenoxy) is 1. The van der Waals surface area contributed by atoms with Crippen molar-refractivity contribution in [3.63, 3.8) is 0 Å². The van der Waals surface area contributed by atoms with Crippen molar-refractivity contribution in [2.75, 3.05) is 33.3 Å². The van der Waals surface area contributed by atoms with E-state index in [4.69, 9.17) is 16.3 Å². The maximum atomic E-state index is 13.2. The van der Waals surface area contributed by atoms with Gasteiger partial charge in [-0.2, -0.15) is 4.98 Å². The molecule has 12 nitrogen and oxygen atoms in total. The van der Waals surface area contributed by atoms with Gasteiger partial charge in [-0.25, -0.2) is 0 Å². The predicted octanol–water partition coefficient (Wildman–Crippen LogP) is 1.92. The first-order valence-electron chi connectivity index (χ1n) is 11.9. The first kappa shape index (κ1) is 29.1. The molecule has 1 aliphatic rings. The van der Waals surface area contributed by atoms with E-state index in [-0.39, 0.29) is 41.5 Å². The summed E-state index contributed by atoms with van der Waals surface area (Å²) in [5.41, 5.74) is -0.962. The molecule has 1 atom stereocenters. The molecule has 1 unspecified atom stereocenters. The number of hydrogen-bond acceptors (Lipinski definition) is 9. The lowest BCUT2D eigenvalue weighted by atomic mass is 9.87. The highest BCUT2D eigenvalue weighted by atomic mass is 35.5. The molecule has 0 saturated carbocycles. The van der Waals surface area contributed by atoms with E-state index in [1.54, 1.807) is 31.2 Å². The molecule has 2 aromatic rings. The fourth-order valence-corrected chi connectivity index (χ4v) is 4.83. The van der Waals surface area contributed by atoms with Crippen molar-refractivity contribution < 1.29 is 24.0 Å². The molecule has 1 fully saturated rings. The second-order valence-electron chi connectivity index (χ2n) is 8.54. The Balaban J connectivity index is 1.60. The number of hydrogen-bond donors (Lipinski definition) is 4. The number of amides is 3. The van der Waals surface area contributed by atoms with Crippen LogP contribution in [-0.4, -0.2) is 71.7 Å². The van der Waals surface area contributed by atoms with Gasteiger partial charge in [0.15, 0.2) is 5.03 Å². The van der Waals surface area contributed by atoms with Gasteiger partial charge in [0.05, 0.1) is 17.3 Å². The number of thioether (sulfide) groups is 1. The van der Waals surface area contributed by atoms with E-state index in [1.807, 2.05) is 0 Å². The Bertz CT molecular complexity index is 1180. The van der Waals surface area contributed by atoms with Crippen molar-refractivity contribution in [1.82, 2.24) is 26.3 Å². The monoisotopic (exact) mass is 564 g/mol. The Morgan fingerprint density at radius 1 is 1.16 bits per heavy atom. The standard InChI is InChI=1S/C24H29ClN6O6S/c1-15(38-22-18(31(35)36)7-8-19(29-22)37-2)20(32)30-24(9-11-26-12-10-24)23(34)28-14-13-27-21(33)16-3-5-17(25)6-4-16/h3-8,15,26H,9-14H2,1-2H3,(H,27,33)(H,28,34)(H,30,32). The highest BCUT2D eigenvalue weighted by Gasteiger charge is 2.41. The molecular formula is C24H29ClN6O6S. The normalized spacial score (nSPS) is 15.1. The molecule has 1 saturated heterocycles. The molecule has 1 aromatic heterocycles. The largest absolute Gasteiger partial charge is 0.481 e. The van der Waals surface area contributed by atoms with E-state index >= 15 is 0 Å². The third-order valence-electron chi connectivity index (χ3n) is 5.93. The van der Waals surface area contributed by atoms with E-state index in [2.05, 4.69) is 26.3 Å². The smallest absolute Gasteiger partial charge is 0.301 e. The summed E-state index contributed by atoms with van der Waals surface area (Å²) in [6, 6.07) is 9.08. The van der Waals surface area contributed by atoms with E-state index < -0.39 is 21.6 Å². The lowest BCUT2D eigenvalue weighted by Crippen LogP contribution is -2.64. The summed E-state index contributed by atoms with van der Waals surface area (Å²) < 4.78 is 5.05. The molecule has 0 bridgehead atoms. The minimum atomic E-state index is -1.16. The number of benzene rings is 1. The third kappa shape index (κ3) is 7.55. The average Bonchev–Trinajstić information content (AvgIpc) is 2.91. The number of nitrogens with one attached hydrogen (secondary N) is 4. The van der Waals surface area contributed by atoms with Gasteiger partial charge in [-0.15, -0.1) is 0 Å². The summed E-state index contributed by atoms with van der Waals surface area (Å²) in [5, 5.41) is 22.8. The number of nitro groups is 1. The van der Waals surface area contributed by atoms with Crippen LogP contribution in [0.1, 0.15) is 30.1 Å². The average molecular weight is 565 g/mol. The van der Waals surface area contributed by atoms with E-state index in [1.165, 1.54) is 19.2 Å². The molecular weight excluding hydrogens is 536 g/mol. The Morgan fingerprint density at radius 2 is 1.82 bits per heavy atom. The molecule has 0 aliphatic carbocycles. The number of carbonyl (C=O) groups excluding carboxylic acids is 3. The van der Waals surface area contributed by atoms with Gasteiger partial charge in [0.2, 0.25) is 17.7 Å². The number of halogens is 1. The Kier molecular flexibility index (Phi) is 10.3. The SMILES string of the molecule is COc1ccc([N+](=O)[O-])c(SC(C)C(=O)NC2(C(=O)NCCNC(=O)c3ccc(Cl)cc3)CCNCC2)n1. The molecule has 0 spiro atoms. The van der Waals surface area contributed by atoms with Crippen LogP contribution < -0.4 is 26.0 Å². The maximum Gasteiger partial charge on any atom is 0.301 e. The van der Waals surface area contributed by atoms with Gasteiger partial charge in [-0.05, 0) is 57.1 Å². The Morgan fingerprint density at radius 3 is 2.45 bits per heavy atom.